The zero-order valence-electron chi connectivity index (χ0n) is 11.7. The van der Waals surface area contributed by atoms with E-state index < -0.39 is 15.8 Å². The van der Waals surface area contributed by atoms with Gasteiger partial charge in [0.25, 0.3) is 0 Å². The summed E-state index contributed by atoms with van der Waals surface area (Å²) in [6, 6.07) is 3.54. The van der Waals surface area contributed by atoms with E-state index in [1.54, 1.807) is 7.05 Å². The van der Waals surface area contributed by atoms with Gasteiger partial charge in [0.1, 0.15) is 5.82 Å². The fraction of sp³-hybridized carbons (Fsp3) is 0.571. The highest BCUT2D eigenvalue weighted by molar-refractivity contribution is 7.89. The van der Waals surface area contributed by atoms with Crippen molar-refractivity contribution < 1.29 is 12.8 Å². The highest BCUT2D eigenvalue weighted by Crippen LogP contribution is 2.26. The van der Waals surface area contributed by atoms with Crippen LogP contribution in [0.2, 0.25) is 0 Å². The van der Waals surface area contributed by atoms with Crippen LogP contribution >= 0.6 is 0 Å². The first-order valence-corrected chi connectivity index (χ1v) is 8.36. The highest BCUT2D eigenvalue weighted by atomic mass is 32.2. The zero-order chi connectivity index (χ0) is 14.8. The summed E-state index contributed by atoms with van der Waals surface area (Å²) in [6.07, 6.45) is 5.72. The molecule has 0 amide bonds. The molecule has 1 aliphatic carbocycles. The Labute approximate surface area is 119 Å². The Bertz CT molecular complexity index is 569. The molecule has 0 radical (unpaired) electrons. The van der Waals surface area contributed by atoms with Gasteiger partial charge >= 0.3 is 0 Å². The van der Waals surface area contributed by atoms with Crippen LogP contribution in [-0.2, 0) is 10.0 Å². The number of nitrogen functional groups attached to an aromatic ring is 1. The Morgan fingerprint density at radius 1 is 1.30 bits per heavy atom. The van der Waals surface area contributed by atoms with Crippen LogP contribution in [0.3, 0.4) is 0 Å². The van der Waals surface area contributed by atoms with Gasteiger partial charge in [0.05, 0.1) is 10.6 Å². The molecular weight excluding hydrogens is 279 g/mol. The van der Waals surface area contributed by atoms with Gasteiger partial charge in [-0.1, -0.05) is 19.3 Å². The lowest BCUT2D eigenvalue weighted by molar-refractivity contribution is 0.300. The topological polar surface area (TPSA) is 63.4 Å². The van der Waals surface area contributed by atoms with Gasteiger partial charge in [-0.05, 0) is 37.0 Å². The number of nitrogens with two attached hydrogens (primary N) is 1. The molecule has 1 aromatic carbocycles. The van der Waals surface area contributed by atoms with Crippen LogP contribution in [0.4, 0.5) is 10.1 Å². The van der Waals surface area contributed by atoms with E-state index in [-0.39, 0.29) is 10.6 Å². The van der Waals surface area contributed by atoms with Crippen LogP contribution in [-0.4, -0.2) is 26.3 Å². The molecule has 0 spiro atoms. The van der Waals surface area contributed by atoms with E-state index in [9.17, 15) is 12.8 Å². The van der Waals surface area contributed by atoms with E-state index in [2.05, 4.69) is 0 Å². The number of halogens is 1. The predicted octanol–water partition coefficient (Wildman–Crippen LogP) is 2.61. The van der Waals surface area contributed by atoms with Gasteiger partial charge in [-0.15, -0.1) is 0 Å². The Hall–Kier alpha value is -1.14. The monoisotopic (exact) mass is 300 g/mol. The lowest BCUT2D eigenvalue weighted by Gasteiger charge is -2.26. The number of benzene rings is 1. The average Bonchev–Trinajstić information content (AvgIpc) is 2.42. The molecule has 0 saturated heterocycles. The molecule has 4 nitrogen and oxygen atoms in total. The van der Waals surface area contributed by atoms with Crippen molar-refractivity contribution in [2.75, 3.05) is 19.3 Å². The third-order valence-corrected chi connectivity index (χ3v) is 5.74. The summed E-state index contributed by atoms with van der Waals surface area (Å²) in [5, 5.41) is 0. The van der Waals surface area contributed by atoms with E-state index in [1.165, 1.54) is 35.7 Å². The third kappa shape index (κ3) is 3.30. The molecule has 0 unspecified atom stereocenters. The second-order valence-electron chi connectivity index (χ2n) is 5.47. The quantitative estimate of drug-likeness (QED) is 0.869. The van der Waals surface area contributed by atoms with Gasteiger partial charge in [-0.2, -0.15) is 0 Å². The number of hydrogen-bond acceptors (Lipinski definition) is 3. The van der Waals surface area contributed by atoms with Crippen molar-refractivity contribution in [2.24, 2.45) is 5.92 Å². The van der Waals surface area contributed by atoms with E-state index in [0.717, 1.165) is 18.9 Å². The Balaban J connectivity index is 2.13. The molecule has 1 aromatic rings. The molecule has 0 aromatic heterocycles. The van der Waals surface area contributed by atoms with E-state index in [1.807, 2.05) is 0 Å². The maximum atomic E-state index is 13.1. The standard InChI is InChI=1S/C14H21FN2O2S/c1-17(10-11-5-3-2-4-6-11)20(18,19)12-7-8-13(15)14(16)9-12/h7-9,11H,2-6,10,16H2,1H3. The van der Waals surface area contributed by atoms with Crippen LogP contribution in [0.25, 0.3) is 0 Å². The van der Waals surface area contributed by atoms with Crippen molar-refractivity contribution in [1.29, 1.82) is 0 Å². The fourth-order valence-corrected chi connectivity index (χ4v) is 3.98. The molecule has 0 bridgehead atoms. The lowest BCUT2D eigenvalue weighted by atomic mass is 9.89. The van der Waals surface area contributed by atoms with Crippen LogP contribution in [0, 0.1) is 11.7 Å². The molecule has 0 aliphatic heterocycles. The van der Waals surface area contributed by atoms with Gasteiger partial charge in [-0.25, -0.2) is 17.1 Å². The van der Waals surface area contributed by atoms with Gasteiger partial charge < -0.3 is 5.73 Å². The van der Waals surface area contributed by atoms with Gasteiger partial charge in [0, 0.05) is 13.6 Å². The predicted molar refractivity (Wildman–Crippen MR) is 77.2 cm³/mol. The van der Waals surface area contributed by atoms with Gasteiger partial charge in [-0.3, -0.25) is 0 Å². The molecule has 0 heterocycles. The summed E-state index contributed by atoms with van der Waals surface area (Å²) >= 11 is 0. The molecule has 2 N–H and O–H groups in total. The molecule has 1 saturated carbocycles. The first-order chi connectivity index (χ1) is 9.41. The Morgan fingerprint density at radius 3 is 2.55 bits per heavy atom. The van der Waals surface area contributed by atoms with Crippen molar-refractivity contribution in [3.63, 3.8) is 0 Å². The third-order valence-electron chi connectivity index (χ3n) is 3.92. The van der Waals surface area contributed by atoms with Crippen molar-refractivity contribution >= 4 is 15.7 Å². The second kappa shape index (κ2) is 6.10. The van der Waals surface area contributed by atoms with Gasteiger partial charge in [0.15, 0.2) is 0 Å². The molecular formula is C14H21FN2O2S. The van der Waals surface area contributed by atoms with Crippen molar-refractivity contribution in [3.05, 3.63) is 24.0 Å². The average molecular weight is 300 g/mol. The smallest absolute Gasteiger partial charge is 0.242 e. The van der Waals surface area contributed by atoms with Crippen LogP contribution in [0.1, 0.15) is 32.1 Å². The summed E-state index contributed by atoms with van der Waals surface area (Å²) < 4.78 is 39.3. The largest absolute Gasteiger partial charge is 0.396 e. The number of sulfonamides is 1. The minimum Gasteiger partial charge on any atom is -0.396 e. The molecule has 1 aliphatic rings. The normalized spacial score (nSPS) is 17.6. The molecule has 6 heteroatoms. The maximum absolute atomic E-state index is 13.1. The van der Waals surface area contributed by atoms with Gasteiger partial charge in [0.2, 0.25) is 10.0 Å². The fourth-order valence-electron chi connectivity index (χ4n) is 2.69. The van der Waals surface area contributed by atoms with E-state index in [4.69, 9.17) is 5.73 Å². The number of nitrogens with zero attached hydrogens (tertiary/aromatic N) is 1. The number of rotatable bonds is 4. The lowest BCUT2D eigenvalue weighted by Crippen LogP contribution is -2.32. The van der Waals surface area contributed by atoms with Crippen molar-refractivity contribution in [3.8, 4) is 0 Å². The first-order valence-electron chi connectivity index (χ1n) is 6.92. The SMILES string of the molecule is CN(CC1CCCCC1)S(=O)(=O)c1ccc(F)c(N)c1. The summed E-state index contributed by atoms with van der Waals surface area (Å²) in [7, 11) is -2.02. The first kappa shape index (κ1) is 15.3. The number of anilines is 1. The highest BCUT2D eigenvalue weighted by Gasteiger charge is 2.25. The molecule has 20 heavy (non-hydrogen) atoms. The molecule has 0 atom stereocenters. The molecule has 1 fully saturated rings. The van der Waals surface area contributed by atoms with E-state index >= 15 is 0 Å². The Kier molecular flexibility index (Phi) is 4.65. The summed E-state index contributed by atoms with van der Waals surface area (Å²) in [6.45, 7) is 0.514. The molecule has 112 valence electrons. The minimum absolute atomic E-state index is 0.0507. The maximum Gasteiger partial charge on any atom is 0.242 e. The van der Waals surface area contributed by atoms with Crippen molar-refractivity contribution in [2.45, 2.75) is 37.0 Å². The Morgan fingerprint density at radius 2 is 1.95 bits per heavy atom. The van der Waals surface area contributed by atoms with Crippen molar-refractivity contribution in [1.82, 2.24) is 4.31 Å². The second-order valence-corrected chi connectivity index (χ2v) is 7.52. The summed E-state index contributed by atoms with van der Waals surface area (Å²) in [5.74, 6) is -0.180. The summed E-state index contributed by atoms with van der Waals surface area (Å²) in [4.78, 5) is 0.0507. The zero-order valence-corrected chi connectivity index (χ0v) is 12.5. The van der Waals surface area contributed by atoms with Crippen LogP contribution in [0.15, 0.2) is 23.1 Å². The summed E-state index contributed by atoms with van der Waals surface area (Å²) in [5.41, 5.74) is 5.30. The van der Waals surface area contributed by atoms with Crippen LogP contribution < -0.4 is 5.73 Å². The minimum atomic E-state index is -3.59. The van der Waals surface area contributed by atoms with Crippen LogP contribution in [0.5, 0.6) is 0 Å². The number of hydrogen-bond donors (Lipinski definition) is 1. The van der Waals surface area contributed by atoms with E-state index in [0.29, 0.717) is 12.5 Å². The molecule has 2 rings (SSSR count).